The van der Waals surface area contributed by atoms with Crippen molar-refractivity contribution >= 4 is 55.1 Å². The molecular formula is C28H31BrClN3O4S. The van der Waals surface area contributed by atoms with Gasteiger partial charge in [0.2, 0.25) is 11.8 Å². The van der Waals surface area contributed by atoms with Crippen LogP contribution in [-0.4, -0.2) is 44.3 Å². The van der Waals surface area contributed by atoms with Crippen LogP contribution in [0.4, 0.5) is 5.69 Å². The number of hydrogen-bond acceptors (Lipinski definition) is 4. The molecule has 0 aliphatic rings. The van der Waals surface area contributed by atoms with Gasteiger partial charge < -0.3 is 10.2 Å². The van der Waals surface area contributed by atoms with E-state index in [2.05, 4.69) is 21.2 Å². The number of halogens is 2. The number of sulfonamides is 1. The van der Waals surface area contributed by atoms with Gasteiger partial charge in [-0.05, 0) is 67.8 Å². The molecule has 0 heterocycles. The van der Waals surface area contributed by atoms with Crippen LogP contribution in [0.5, 0.6) is 0 Å². The second kappa shape index (κ2) is 13.3. The molecule has 0 aromatic heterocycles. The SMILES string of the molecule is CCCNC(=O)C(C)N(Cc1cccc(Br)c1)C(=O)CN(c1ccc(C)c(Cl)c1)S(=O)(=O)c1ccccc1. The lowest BCUT2D eigenvalue weighted by Crippen LogP contribution is -2.51. The maximum Gasteiger partial charge on any atom is 0.264 e. The van der Waals surface area contributed by atoms with Gasteiger partial charge in [-0.15, -0.1) is 0 Å². The summed E-state index contributed by atoms with van der Waals surface area (Å²) in [5, 5.41) is 3.20. The maximum atomic E-state index is 13.9. The summed E-state index contributed by atoms with van der Waals surface area (Å²) in [4.78, 5) is 28.2. The monoisotopic (exact) mass is 619 g/mol. The summed E-state index contributed by atoms with van der Waals surface area (Å²) in [6.45, 7) is 5.46. The molecule has 1 atom stereocenters. The molecule has 3 aromatic rings. The third-order valence-electron chi connectivity index (χ3n) is 6.01. The van der Waals surface area contributed by atoms with Gasteiger partial charge in [0.1, 0.15) is 12.6 Å². The molecule has 3 aromatic carbocycles. The van der Waals surface area contributed by atoms with Crippen molar-refractivity contribution in [2.75, 3.05) is 17.4 Å². The van der Waals surface area contributed by atoms with Gasteiger partial charge in [-0.3, -0.25) is 13.9 Å². The summed E-state index contributed by atoms with van der Waals surface area (Å²) in [7, 11) is -4.13. The van der Waals surface area contributed by atoms with E-state index in [0.717, 1.165) is 26.3 Å². The van der Waals surface area contributed by atoms with Crippen LogP contribution in [0, 0.1) is 6.92 Å². The zero-order valence-corrected chi connectivity index (χ0v) is 24.7. The highest BCUT2D eigenvalue weighted by molar-refractivity contribution is 9.10. The minimum atomic E-state index is -4.13. The van der Waals surface area contributed by atoms with Gasteiger partial charge in [0.25, 0.3) is 10.0 Å². The number of carbonyl (C=O) groups is 2. The summed E-state index contributed by atoms with van der Waals surface area (Å²) >= 11 is 9.78. The smallest absolute Gasteiger partial charge is 0.264 e. The summed E-state index contributed by atoms with van der Waals surface area (Å²) in [5.41, 5.74) is 1.82. The molecule has 38 heavy (non-hydrogen) atoms. The summed E-state index contributed by atoms with van der Waals surface area (Å²) in [6, 6.07) is 19.3. The quantitative estimate of drug-likeness (QED) is 0.305. The zero-order chi connectivity index (χ0) is 27.9. The van der Waals surface area contributed by atoms with Crippen molar-refractivity contribution in [2.24, 2.45) is 0 Å². The molecule has 1 unspecified atom stereocenters. The van der Waals surface area contributed by atoms with Crippen molar-refractivity contribution in [1.29, 1.82) is 0 Å². The topological polar surface area (TPSA) is 86.8 Å². The summed E-state index contributed by atoms with van der Waals surface area (Å²) in [5.74, 6) is -0.841. The Bertz CT molecular complexity index is 1390. The number of anilines is 1. The Morgan fingerprint density at radius 2 is 1.74 bits per heavy atom. The van der Waals surface area contributed by atoms with E-state index in [9.17, 15) is 18.0 Å². The van der Waals surface area contributed by atoms with Gasteiger partial charge in [0, 0.05) is 22.6 Å². The molecule has 0 saturated heterocycles. The first-order valence-corrected chi connectivity index (χ1v) is 14.8. The van der Waals surface area contributed by atoms with Gasteiger partial charge in [0.15, 0.2) is 0 Å². The van der Waals surface area contributed by atoms with Gasteiger partial charge >= 0.3 is 0 Å². The predicted molar refractivity (Wildman–Crippen MR) is 155 cm³/mol. The maximum absolute atomic E-state index is 13.9. The number of rotatable bonds is 11. The number of nitrogens with zero attached hydrogens (tertiary/aromatic N) is 2. The normalized spacial score (nSPS) is 12.0. The lowest BCUT2D eigenvalue weighted by atomic mass is 10.1. The molecule has 0 bridgehead atoms. The van der Waals surface area contributed by atoms with Crippen molar-refractivity contribution < 1.29 is 18.0 Å². The van der Waals surface area contributed by atoms with E-state index < -0.39 is 28.5 Å². The van der Waals surface area contributed by atoms with Crippen molar-refractivity contribution in [3.8, 4) is 0 Å². The molecule has 202 valence electrons. The van der Waals surface area contributed by atoms with E-state index in [1.54, 1.807) is 37.3 Å². The fourth-order valence-electron chi connectivity index (χ4n) is 3.80. The number of carbonyl (C=O) groups excluding carboxylic acids is 2. The second-order valence-corrected chi connectivity index (χ2v) is 12.1. The van der Waals surface area contributed by atoms with E-state index in [1.807, 2.05) is 38.1 Å². The molecule has 0 fully saturated rings. The van der Waals surface area contributed by atoms with Gasteiger partial charge in [-0.25, -0.2) is 8.42 Å². The minimum absolute atomic E-state index is 0.0387. The Balaban J connectivity index is 2.03. The molecule has 0 spiro atoms. The van der Waals surface area contributed by atoms with Crippen LogP contribution in [0.25, 0.3) is 0 Å². The highest BCUT2D eigenvalue weighted by Crippen LogP contribution is 2.28. The average Bonchev–Trinajstić information content (AvgIpc) is 2.90. The molecule has 0 aliphatic carbocycles. The molecule has 10 heteroatoms. The van der Waals surface area contributed by atoms with E-state index in [1.165, 1.54) is 23.1 Å². The van der Waals surface area contributed by atoms with Crippen molar-refractivity contribution in [2.45, 2.75) is 44.7 Å². The first kappa shape index (κ1) is 29.7. The number of amides is 2. The van der Waals surface area contributed by atoms with Crippen LogP contribution in [0.2, 0.25) is 5.02 Å². The highest BCUT2D eigenvalue weighted by Gasteiger charge is 2.32. The van der Waals surface area contributed by atoms with Crippen LogP contribution >= 0.6 is 27.5 Å². The largest absolute Gasteiger partial charge is 0.354 e. The first-order valence-electron chi connectivity index (χ1n) is 12.2. The van der Waals surface area contributed by atoms with E-state index >= 15 is 0 Å². The third kappa shape index (κ3) is 7.36. The van der Waals surface area contributed by atoms with E-state index in [4.69, 9.17) is 11.6 Å². The average molecular weight is 621 g/mol. The number of benzene rings is 3. The van der Waals surface area contributed by atoms with E-state index in [0.29, 0.717) is 11.6 Å². The highest BCUT2D eigenvalue weighted by atomic mass is 79.9. The first-order chi connectivity index (χ1) is 18.0. The minimum Gasteiger partial charge on any atom is -0.354 e. The summed E-state index contributed by atoms with van der Waals surface area (Å²) in [6.07, 6.45) is 0.745. The van der Waals surface area contributed by atoms with E-state index in [-0.39, 0.29) is 23.0 Å². The van der Waals surface area contributed by atoms with Gasteiger partial charge in [0.05, 0.1) is 10.6 Å². The Labute approximate surface area is 238 Å². The Hall–Kier alpha value is -2.88. The van der Waals surface area contributed by atoms with Crippen molar-refractivity contribution in [3.05, 3.63) is 93.4 Å². The van der Waals surface area contributed by atoms with Crippen LogP contribution in [0.15, 0.2) is 82.2 Å². The molecule has 0 aliphatic heterocycles. The van der Waals surface area contributed by atoms with Crippen LogP contribution in [-0.2, 0) is 26.2 Å². The molecule has 0 radical (unpaired) electrons. The van der Waals surface area contributed by atoms with Crippen LogP contribution in [0.1, 0.15) is 31.4 Å². The zero-order valence-electron chi connectivity index (χ0n) is 21.5. The van der Waals surface area contributed by atoms with Gasteiger partial charge in [-0.2, -0.15) is 0 Å². The number of aryl methyl sites for hydroxylation is 1. The van der Waals surface area contributed by atoms with Crippen LogP contribution < -0.4 is 9.62 Å². The lowest BCUT2D eigenvalue weighted by Gasteiger charge is -2.32. The standard InChI is InChI=1S/C28H31BrClN3O4S/c1-4-15-31-28(35)21(3)32(18-22-9-8-10-23(29)16-22)27(34)19-33(24-14-13-20(2)26(30)17-24)38(36,37)25-11-6-5-7-12-25/h5-14,16-17,21H,4,15,18-19H2,1-3H3,(H,31,35). The molecule has 2 amide bonds. The third-order valence-corrected chi connectivity index (χ3v) is 8.70. The van der Waals surface area contributed by atoms with Crippen LogP contribution in [0.3, 0.4) is 0 Å². The molecular weight excluding hydrogens is 590 g/mol. The van der Waals surface area contributed by atoms with Crippen molar-refractivity contribution in [3.63, 3.8) is 0 Å². The molecule has 3 rings (SSSR count). The Morgan fingerprint density at radius 3 is 2.37 bits per heavy atom. The predicted octanol–water partition coefficient (Wildman–Crippen LogP) is 5.55. The number of hydrogen-bond donors (Lipinski definition) is 1. The van der Waals surface area contributed by atoms with Gasteiger partial charge in [-0.1, -0.05) is 70.9 Å². The fraction of sp³-hybridized carbons (Fsp3) is 0.286. The number of nitrogens with one attached hydrogen (secondary N) is 1. The molecule has 1 N–H and O–H groups in total. The Morgan fingerprint density at radius 1 is 1.03 bits per heavy atom. The summed E-state index contributed by atoms with van der Waals surface area (Å²) < 4.78 is 29.4. The molecule has 0 saturated carbocycles. The second-order valence-electron chi connectivity index (χ2n) is 8.88. The lowest BCUT2D eigenvalue weighted by molar-refractivity contribution is -0.139. The van der Waals surface area contributed by atoms with Crippen molar-refractivity contribution in [1.82, 2.24) is 10.2 Å². The Kier molecular flexibility index (Phi) is 10.4. The fourth-order valence-corrected chi connectivity index (χ4v) is 5.84. The molecule has 7 nitrogen and oxygen atoms in total.